The van der Waals surface area contributed by atoms with Gasteiger partial charge in [0.05, 0.1) is 22.2 Å². The molecule has 0 bridgehead atoms. The molecule has 1 saturated heterocycles. The van der Waals surface area contributed by atoms with Crippen molar-refractivity contribution in [2.75, 3.05) is 19.6 Å². The lowest BCUT2D eigenvalue weighted by Crippen LogP contribution is -2.45. The zero-order valence-electron chi connectivity index (χ0n) is 19.3. The molecule has 1 saturated carbocycles. The Balaban J connectivity index is 1.04. The molecule has 1 aromatic heterocycles. The lowest BCUT2D eigenvalue weighted by Gasteiger charge is -2.41. The average molecular weight is 459 g/mol. The van der Waals surface area contributed by atoms with Crippen molar-refractivity contribution in [3.05, 3.63) is 70.1 Å². The van der Waals surface area contributed by atoms with Crippen molar-refractivity contribution in [3.8, 4) is 0 Å². The number of imide groups is 1. The zero-order chi connectivity index (χ0) is 23.2. The number of para-hydroxylation sites is 2. The summed E-state index contributed by atoms with van der Waals surface area (Å²) in [7, 11) is 0. The van der Waals surface area contributed by atoms with Gasteiger partial charge in [-0.2, -0.15) is 0 Å². The minimum absolute atomic E-state index is 0.00619. The molecule has 0 unspecified atom stereocenters. The van der Waals surface area contributed by atoms with Gasteiger partial charge in [0.15, 0.2) is 0 Å². The highest BCUT2D eigenvalue weighted by Crippen LogP contribution is 2.34. The number of carbonyl (C=O) groups is 2. The van der Waals surface area contributed by atoms with E-state index in [0.717, 1.165) is 62.6 Å². The molecule has 2 amide bonds. The number of carbonyl (C=O) groups excluding carboxylic acids is 2. The summed E-state index contributed by atoms with van der Waals surface area (Å²) in [6.07, 6.45) is 6.25. The third-order valence-electron chi connectivity index (χ3n) is 8.14. The molecule has 0 radical (unpaired) electrons. The number of imidazole rings is 1. The van der Waals surface area contributed by atoms with Crippen molar-refractivity contribution in [1.29, 1.82) is 0 Å². The molecule has 0 atom stereocenters. The summed E-state index contributed by atoms with van der Waals surface area (Å²) in [6.45, 7) is 2.54. The molecule has 2 aliphatic heterocycles. The molecule has 7 nitrogen and oxygen atoms in total. The van der Waals surface area contributed by atoms with Gasteiger partial charge in [-0.3, -0.25) is 19.1 Å². The zero-order valence-corrected chi connectivity index (χ0v) is 19.3. The van der Waals surface area contributed by atoms with E-state index in [1.165, 1.54) is 4.90 Å². The summed E-state index contributed by atoms with van der Waals surface area (Å²) in [5.41, 5.74) is 2.98. The summed E-state index contributed by atoms with van der Waals surface area (Å²) in [6, 6.07) is 15.9. The summed E-state index contributed by atoms with van der Waals surface area (Å²) < 4.78 is 1.95. The maximum Gasteiger partial charge on any atom is 0.326 e. The Labute approximate surface area is 198 Å². The topological polar surface area (TPSA) is 78.4 Å². The number of aromatic amines is 1. The number of amides is 2. The van der Waals surface area contributed by atoms with Crippen LogP contribution in [0.2, 0.25) is 0 Å². The number of H-pyrrole nitrogens is 1. The third-order valence-corrected chi connectivity index (χ3v) is 8.14. The first kappa shape index (κ1) is 21.4. The van der Waals surface area contributed by atoms with E-state index >= 15 is 0 Å². The van der Waals surface area contributed by atoms with Crippen LogP contribution in [-0.4, -0.2) is 56.8 Å². The lowest BCUT2D eigenvalue weighted by atomic mass is 9.84. The highest BCUT2D eigenvalue weighted by Gasteiger charge is 2.38. The minimum atomic E-state index is -0.141. The maximum atomic E-state index is 12.7. The van der Waals surface area contributed by atoms with Crippen molar-refractivity contribution in [2.24, 2.45) is 5.92 Å². The Bertz CT molecular complexity index is 1260. The second-order valence-corrected chi connectivity index (χ2v) is 10.0. The minimum Gasteiger partial charge on any atom is -0.306 e. The van der Waals surface area contributed by atoms with E-state index in [0.29, 0.717) is 29.6 Å². The standard InChI is InChI=1S/C27H30N4O3/c32-25-21-5-1-2-6-22(21)26(33)30(25)17-18-9-11-19(12-10-18)29-15-13-20(14-16-29)31-24-8-4-3-7-23(24)28-27(31)34/h1-8,18-20H,9-17H2,(H,28,34)/t18-,19-. The molecule has 0 spiro atoms. The Morgan fingerprint density at radius 2 is 1.35 bits per heavy atom. The van der Waals surface area contributed by atoms with Crippen LogP contribution in [0.15, 0.2) is 53.3 Å². The van der Waals surface area contributed by atoms with Crippen LogP contribution < -0.4 is 5.69 Å². The maximum absolute atomic E-state index is 12.7. The van der Waals surface area contributed by atoms with Crippen LogP contribution in [0.4, 0.5) is 0 Å². The van der Waals surface area contributed by atoms with Crippen LogP contribution >= 0.6 is 0 Å². The Kier molecular flexibility index (Phi) is 5.37. The quantitative estimate of drug-likeness (QED) is 0.603. The van der Waals surface area contributed by atoms with Crippen LogP contribution in [-0.2, 0) is 0 Å². The van der Waals surface area contributed by atoms with Crippen LogP contribution in [0.5, 0.6) is 0 Å². The number of rotatable bonds is 4. The second kappa shape index (κ2) is 8.55. The first-order valence-electron chi connectivity index (χ1n) is 12.5. The van der Waals surface area contributed by atoms with Crippen molar-refractivity contribution < 1.29 is 9.59 Å². The predicted octanol–water partition coefficient (Wildman–Crippen LogP) is 3.82. The SMILES string of the molecule is O=C1c2ccccc2C(=O)N1C[C@H]1CC[C@H](N2CCC(n3c(=O)[nH]c4ccccc43)CC2)CC1. The molecule has 1 N–H and O–H groups in total. The van der Waals surface area contributed by atoms with Gasteiger partial charge in [0.1, 0.15) is 0 Å². The van der Waals surface area contributed by atoms with Gasteiger partial charge in [-0.15, -0.1) is 0 Å². The van der Waals surface area contributed by atoms with Crippen molar-refractivity contribution in [1.82, 2.24) is 19.4 Å². The monoisotopic (exact) mass is 458 g/mol. The Hall–Kier alpha value is -3.19. The Morgan fingerprint density at radius 1 is 0.735 bits per heavy atom. The predicted molar refractivity (Wildman–Crippen MR) is 130 cm³/mol. The van der Waals surface area contributed by atoms with Crippen LogP contribution in [0.1, 0.15) is 65.3 Å². The molecule has 1 aliphatic carbocycles. The molecule has 2 fully saturated rings. The van der Waals surface area contributed by atoms with Gasteiger partial charge >= 0.3 is 5.69 Å². The molecule has 3 aromatic rings. The van der Waals surface area contributed by atoms with E-state index in [1.54, 1.807) is 12.1 Å². The molecule has 176 valence electrons. The van der Waals surface area contributed by atoms with Gasteiger partial charge in [-0.05, 0) is 68.7 Å². The number of aromatic nitrogens is 2. The molecule has 3 aliphatic rings. The summed E-state index contributed by atoms with van der Waals surface area (Å²) in [5.74, 6) is 0.0930. The fourth-order valence-electron chi connectivity index (χ4n) is 6.30. The van der Waals surface area contributed by atoms with Gasteiger partial charge in [-0.25, -0.2) is 4.79 Å². The van der Waals surface area contributed by atoms with E-state index < -0.39 is 0 Å². The van der Waals surface area contributed by atoms with E-state index in [9.17, 15) is 14.4 Å². The summed E-state index contributed by atoms with van der Waals surface area (Å²) in [5, 5.41) is 0. The first-order valence-corrected chi connectivity index (χ1v) is 12.5. The number of benzene rings is 2. The van der Waals surface area contributed by atoms with Gasteiger partial charge < -0.3 is 9.88 Å². The molecule has 6 rings (SSSR count). The largest absolute Gasteiger partial charge is 0.326 e. The summed E-state index contributed by atoms with van der Waals surface area (Å²) >= 11 is 0. The third kappa shape index (κ3) is 3.59. The van der Waals surface area contributed by atoms with E-state index in [1.807, 2.05) is 41.0 Å². The smallest absolute Gasteiger partial charge is 0.306 e. The molecular weight excluding hydrogens is 428 g/mol. The van der Waals surface area contributed by atoms with Gasteiger partial charge in [-0.1, -0.05) is 24.3 Å². The lowest BCUT2D eigenvalue weighted by molar-refractivity contribution is 0.0577. The molecular formula is C27H30N4O3. The van der Waals surface area contributed by atoms with Crippen molar-refractivity contribution in [2.45, 2.75) is 50.6 Å². The molecule has 2 aromatic carbocycles. The molecule has 3 heterocycles. The fraction of sp³-hybridized carbons (Fsp3) is 0.444. The van der Waals surface area contributed by atoms with Crippen molar-refractivity contribution >= 4 is 22.8 Å². The number of hydrogen-bond acceptors (Lipinski definition) is 4. The highest BCUT2D eigenvalue weighted by atomic mass is 16.2. The first-order chi connectivity index (χ1) is 16.6. The Morgan fingerprint density at radius 3 is 2.03 bits per heavy atom. The van der Waals surface area contributed by atoms with Crippen LogP contribution in [0.25, 0.3) is 11.0 Å². The van der Waals surface area contributed by atoms with Crippen LogP contribution in [0, 0.1) is 5.92 Å². The number of nitrogens with one attached hydrogen (secondary N) is 1. The summed E-state index contributed by atoms with van der Waals surface area (Å²) in [4.78, 5) is 45.0. The number of nitrogens with zero attached hydrogens (tertiary/aromatic N) is 3. The second-order valence-electron chi connectivity index (χ2n) is 10.0. The number of piperidine rings is 1. The van der Waals surface area contributed by atoms with Gasteiger partial charge in [0.2, 0.25) is 0 Å². The average Bonchev–Trinajstić information content (AvgIpc) is 3.33. The molecule has 34 heavy (non-hydrogen) atoms. The van der Waals surface area contributed by atoms with Gasteiger partial charge in [0, 0.05) is 31.7 Å². The highest BCUT2D eigenvalue weighted by molar-refractivity contribution is 6.21. The van der Waals surface area contributed by atoms with E-state index in [-0.39, 0.29) is 23.5 Å². The van der Waals surface area contributed by atoms with Crippen LogP contribution in [0.3, 0.4) is 0 Å². The van der Waals surface area contributed by atoms with Crippen molar-refractivity contribution in [3.63, 3.8) is 0 Å². The van der Waals surface area contributed by atoms with E-state index in [4.69, 9.17) is 0 Å². The van der Waals surface area contributed by atoms with Gasteiger partial charge in [0.25, 0.3) is 11.8 Å². The fourth-order valence-corrected chi connectivity index (χ4v) is 6.30. The van der Waals surface area contributed by atoms with E-state index in [2.05, 4.69) is 9.88 Å². The normalized spacial score (nSPS) is 24.2. The molecule has 7 heteroatoms. The number of likely N-dealkylation sites (tertiary alicyclic amines) is 1. The number of hydrogen-bond donors (Lipinski definition) is 1. The number of fused-ring (bicyclic) bond motifs is 2.